The zero-order chi connectivity index (χ0) is 15.5. The summed E-state index contributed by atoms with van der Waals surface area (Å²) in [6.07, 6.45) is 3.21. The Hall–Kier alpha value is -1.35. The third-order valence-electron chi connectivity index (χ3n) is 4.91. The van der Waals surface area contributed by atoms with Crippen molar-refractivity contribution in [3.8, 4) is 0 Å². The van der Waals surface area contributed by atoms with Gasteiger partial charge in [-0.15, -0.1) is 0 Å². The summed E-state index contributed by atoms with van der Waals surface area (Å²) in [5, 5.41) is 3.29. The molecule has 0 spiro atoms. The third-order valence-corrected chi connectivity index (χ3v) is 4.91. The quantitative estimate of drug-likeness (QED) is 0.906. The highest BCUT2D eigenvalue weighted by molar-refractivity contribution is 5.83. The first-order valence-corrected chi connectivity index (χ1v) is 8.71. The molecule has 0 radical (unpaired) electrons. The minimum absolute atomic E-state index is 0.205. The fourth-order valence-electron chi connectivity index (χ4n) is 3.64. The zero-order valence-corrected chi connectivity index (χ0v) is 13.8. The number of carbonyl (C=O) groups is 1. The summed E-state index contributed by atoms with van der Waals surface area (Å²) in [6, 6.07) is 10.8. The number of rotatable bonds is 5. The van der Waals surface area contributed by atoms with Crippen LogP contribution in [0.3, 0.4) is 0 Å². The van der Waals surface area contributed by atoms with Crippen molar-refractivity contribution in [2.45, 2.75) is 45.1 Å². The van der Waals surface area contributed by atoms with E-state index in [1.165, 1.54) is 12.1 Å². The standard InChI is InChI=1S/C19H28N2O/c1-14(2)13-21-10-8-16(9-11-21)20-19(22)18-12-17(18)15-6-4-3-5-7-15/h3-7,14,16-18H,8-13H2,1-2H3,(H,20,22)/t17-,18+/m1/s1. The molecule has 22 heavy (non-hydrogen) atoms. The van der Waals surface area contributed by atoms with E-state index in [2.05, 4.69) is 48.3 Å². The number of benzene rings is 1. The molecule has 120 valence electrons. The first kappa shape index (κ1) is 15.5. The van der Waals surface area contributed by atoms with E-state index in [4.69, 9.17) is 0 Å². The van der Waals surface area contributed by atoms with Gasteiger partial charge in [-0.1, -0.05) is 44.2 Å². The number of carbonyl (C=O) groups excluding carboxylic acids is 1. The van der Waals surface area contributed by atoms with Crippen LogP contribution in [0.1, 0.15) is 44.6 Å². The highest BCUT2D eigenvalue weighted by Crippen LogP contribution is 2.47. The molecule has 0 aromatic heterocycles. The van der Waals surface area contributed by atoms with Crippen LogP contribution in [-0.2, 0) is 4.79 Å². The molecule has 1 N–H and O–H groups in total. The molecule has 1 aromatic carbocycles. The van der Waals surface area contributed by atoms with Gasteiger partial charge in [0.25, 0.3) is 0 Å². The summed E-state index contributed by atoms with van der Waals surface area (Å²) in [5.41, 5.74) is 1.31. The highest BCUT2D eigenvalue weighted by Gasteiger charge is 2.44. The van der Waals surface area contributed by atoms with E-state index in [9.17, 15) is 4.79 Å². The van der Waals surface area contributed by atoms with Gasteiger partial charge in [-0.25, -0.2) is 0 Å². The second-order valence-electron chi connectivity index (χ2n) is 7.34. The molecule has 3 heteroatoms. The zero-order valence-electron chi connectivity index (χ0n) is 13.8. The number of piperidine rings is 1. The van der Waals surface area contributed by atoms with Crippen LogP contribution in [-0.4, -0.2) is 36.5 Å². The molecule has 3 nitrogen and oxygen atoms in total. The van der Waals surface area contributed by atoms with Gasteiger partial charge in [-0.05, 0) is 36.7 Å². The molecule has 2 atom stereocenters. The number of nitrogens with one attached hydrogen (secondary N) is 1. The molecule has 1 amide bonds. The second-order valence-corrected chi connectivity index (χ2v) is 7.34. The highest BCUT2D eigenvalue weighted by atomic mass is 16.2. The Morgan fingerprint density at radius 2 is 1.91 bits per heavy atom. The van der Waals surface area contributed by atoms with Gasteiger partial charge < -0.3 is 10.2 Å². The molecule has 1 heterocycles. The Labute approximate surface area is 134 Å². The third kappa shape index (κ3) is 3.89. The molecule has 2 aliphatic rings. The summed E-state index contributed by atoms with van der Waals surface area (Å²) in [7, 11) is 0. The lowest BCUT2D eigenvalue weighted by molar-refractivity contribution is -0.123. The fourth-order valence-corrected chi connectivity index (χ4v) is 3.64. The van der Waals surface area contributed by atoms with E-state index in [1.54, 1.807) is 0 Å². The van der Waals surface area contributed by atoms with Crippen molar-refractivity contribution >= 4 is 5.91 Å². The first-order valence-electron chi connectivity index (χ1n) is 8.71. The van der Waals surface area contributed by atoms with Crippen molar-refractivity contribution in [3.05, 3.63) is 35.9 Å². The van der Waals surface area contributed by atoms with E-state index in [0.29, 0.717) is 12.0 Å². The van der Waals surface area contributed by atoms with Crippen LogP contribution in [0.2, 0.25) is 0 Å². The summed E-state index contributed by atoms with van der Waals surface area (Å²) in [4.78, 5) is 14.9. The number of nitrogens with zero attached hydrogens (tertiary/aromatic N) is 1. The van der Waals surface area contributed by atoms with Crippen molar-refractivity contribution < 1.29 is 4.79 Å². The van der Waals surface area contributed by atoms with Crippen molar-refractivity contribution in [3.63, 3.8) is 0 Å². The molecular formula is C19H28N2O. The lowest BCUT2D eigenvalue weighted by atomic mass is 10.0. The topological polar surface area (TPSA) is 32.3 Å². The smallest absolute Gasteiger partial charge is 0.223 e. The van der Waals surface area contributed by atoms with Crippen molar-refractivity contribution in [1.29, 1.82) is 0 Å². The fraction of sp³-hybridized carbons (Fsp3) is 0.632. The number of likely N-dealkylation sites (tertiary alicyclic amines) is 1. The molecule has 1 aliphatic carbocycles. The molecule has 2 fully saturated rings. The van der Waals surface area contributed by atoms with Crippen molar-refractivity contribution in [2.75, 3.05) is 19.6 Å². The Morgan fingerprint density at radius 1 is 1.23 bits per heavy atom. The minimum atomic E-state index is 0.205. The molecule has 1 saturated heterocycles. The second kappa shape index (κ2) is 6.82. The van der Waals surface area contributed by atoms with Crippen LogP contribution in [0, 0.1) is 11.8 Å². The van der Waals surface area contributed by atoms with Gasteiger partial charge >= 0.3 is 0 Å². The Bertz CT molecular complexity index is 491. The molecule has 1 aliphatic heterocycles. The van der Waals surface area contributed by atoms with Gasteiger partial charge in [0.2, 0.25) is 5.91 Å². The van der Waals surface area contributed by atoms with Gasteiger partial charge in [0.15, 0.2) is 0 Å². The Balaban J connectivity index is 1.42. The largest absolute Gasteiger partial charge is 0.353 e. The summed E-state index contributed by atoms with van der Waals surface area (Å²) in [6.45, 7) is 7.96. The molecule has 3 rings (SSSR count). The summed E-state index contributed by atoms with van der Waals surface area (Å²) in [5.74, 6) is 1.65. The first-order chi connectivity index (χ1) is 10.6. The van der Waals surface area contributed by atoms with Gasteiger partial charge in [-0.3, -0.25) is 4.79 Å². The number of amides is 1. The maximum atomic E-state index is 12.4. The predicted molar refractivity (Wildman–Crippen MR) is 89.7 cm³/mol. The van der Waals surface area contributed by atoms with E-state index in [-0.39, 0.29) is 11.8 Å². The molecular weight excluding hydrogens is 272 g/mol. The van der Waals surface area contributed by atoms with Gasteiger partial charge in [0.05, 0.1) is 0 Å². The van der Waals surface area contributed by atoms with E-state index < -0.39 is 0 Å². The number of hydrogen-bond acceptors (Lipinski definition) is 2. The van der Waals surface area contributed by atoms with Crippen molar-refractivity contribution in [1.82, 2.24) is 10.2 Å². The van der Waals surface area contributed by atoms with Crippen molar-refractivity contribution in [2.24, 2.45) is 11.8 Å². The Morgan fingerprint density at radius 3 is 2.55 bits per heavy atom. The van der Waals surface area contributed by atoms with Crippen LogP contribution in [0.5, 0.6) is 0 Å². The molecule has 1 aromatic rings. The summed E-state index contributed by atoms with van der Waals surface area (Å²) < 4.78 is 0. The predicted octanol–water partition coefficient (Wildman–Crippen LogP) is 3.03. The van der Waals surface area contributed by atoms with E-state index >= 15 is 0 Å². The van der Waals surface area contributed by atoms with Crippen LogP contribution >= 0.6 is 0 Å². The molecule has 0 unspecified atom stereocenters. The van der Waals surface area contributed by atoms with Crippen LogP contribution in [0.25, 0.3) is 0 Å². The maximum Gasteiger partial charge on any atom is 0.223 e. The minimum Gasteiger partial charge on any atom is -0.353 e. The van der Waals surface area contributed by atoms with E-state index in [1.807, 2.05) is 6.07 Å². The molecule has 1 saturated carbocycles. The normalized spacial score (nSPS) is 26.1. The molecule has 0 bridgehead atoms. The average Bonchev–Trinajstić information content (AvgIpc) is 3.30. The number of hydrogen-bond donors (Lipinski definition) is 1. The van der Waals surface area contributed by atoms with Gasteiger partial charge in [0, 0.05) is 31.6 Å². The lowest BCUT2D eigenvalue weighted by Crippen LogP contribution is -2.46. The lowest BCUT2D eigenvalue weighted by Gasteiger charge is -2.33. The van der Waals surface area contributed by atoms with Crippen LogP contribution in [0.15, 0.2) is 30.3 Å². The van der Waals surface area contributed by atoms with Gasteiger partial charge in [0.1, 0.15) is 0 Å². The maximum absolute atomic E-state index is 12.4. The van der Waals surface area contributed by atoms with Crippen LogP contribution in [0.4, 0.5) is 0 Å². The Kier molecular flexibility index (Phi) is 4.82. The van der Waals surface area contributed by atoms with Crippen LogP contribution < -0.4 is 5.32 Å². The average molecular weight is 300 g/mol. The SMILES string of the molecule is CC(C)CN1CCC(NC(=O)[C@H]2C[C@@H]2c2ccccc2)CC1. The monoisotopic (exact) mass is 300 g/mol. The summed E-state index contributed by atoms with van der Waals surface area (Å²) >= 11 is 0. The van der Waals surface area contributed by atoms with Gasteiger partial charge in [-0.2, -0.15) is 0 Å². The van der Waals surface area contributed by atoms with E-state index in [0.717, 1.165) is 38.3 Å².